The minimum absolute atomic E-state index is 0.146. The quantitative estimate of drug-likeness (QED) is 0.712. The van der Waals surface area contributed by atoms with E-state index in [2.05, 4.69) is 5.32 Å². The Hall–Kier alpha value is -3.02. The molecule has 0 atom stereocenters. The van der Waals surface area contributed by atoms with E-state index in [4.69, 9.17) is 5.11 Å². The fourth-order valence-electron chi connectivity index (χ4n) is 2.71. The summed E-state index contributed by atoms with van der Waals surface area (Å²) in [6, 6.07) is 13.2. The first kappa shape index (κ1) is 17.8. The molecule has 0 radical (unpaired) electrons. The smallest absolute Gasteiger partial charge is 0.335 e. The molecule has 3 N–H and O–H groups in total. The lowest BCUT2D eigenvalue weighted by molar-refractivity contribution is 0.0697. The van der Waals surface area contributed by atoms with Crippen LogP contribution in [0.15, 0.2) is 48.5 Å². The molecule has 136 valence electrons. The first-order chi connectivity index (χ1) is 12.5. The van der Waals surface area contributed by atoms with Crippen molar-refractivity contribution in [2.75, 3.05) is 6.54 Å². The Bertz CT molecular complexity index is 767. The largest absolute Gasteiger partial charge is 0.508 e. The summed E-state index contributed by atoms with van der Waals surface area (Å²) in [5, 5.41) is 21.2. The van der Waals surface area contributed by atoms with Crippen molar-refractivity contribution >= 4 is 12.0 Å². The number of benzene rings is 2. The van der Waals surface area contributed by atoms with Crippen molar-refractivity contribution < 1.29 is 19.8 Å². The molecule has 1 aliphatic carbocycles. The van der Waals surface area contributed by atoms with E-state index in [0.717, 1.165) is 24.0 Å². The van der Waals surface area contributed by atoms with E-state index in [9.17, 15) is 14.7 Å². The Morgan fingerprint density at radius 3 is 2.19 bits per heavy atom. The summed E-state index contributed by atoms with van der Waals surface area (Å²) in [5.74, 6) is -0.199. The number of amides is 2. The second-order valence-corrected chi connectivity index (χ2v) is 6.65. The van der Waals surface area contributed by atoms with Crippen molar-refractivity contribution in [1.29, 1.82) is 0 Å². The van der Waals surface area contributed by atoms with Gasteiger partial charge in [0, 0.05) is 19.6 Å². The molecule has 0 aromatic heterocycles. The molecule has 6 heteroatoms. The van der Waals surface area contributed by atoms with Crippen molar-refractivity contribution in [2.45, 2.75) is 25.9 Å². The number of aromatic carboxylic acids is 1. The highest BCUT2D eigenvalue weighted by Gasteiger charge is 2.26. The number of rotatable bonds is 7. The van der Waals surface area contributed by atoms with Crippen LogP contribution in [0.3, 0.4) is 0 Å². The van der Waals surface area contributed by atoms with Crippen molar-refractivity contribution in [2.24, 2.45) is 5.92 Å². The molecule has 1 saturated carbocycles. The number of carboxylic acids is 1. The monoisotopic (exact) mass is 354 g/mol. The van der Waals surface area contributed by atoms with E-state index in [1.807, 2.05) is 12.1 Å². The van der Waals surface area contributed by atoms with Crippen molar-refractivity contribution in [3.05, 3.63) is 65.2 Å². The highest BCUT2D eigenvalue weighted by molar-refractivity contribution is 5.87. The second-order valence-electron chi connectivity index (χ2n) is 6.65. The van der Waals surface area contributed by atoms with Crippen LogP contribution in [0, 0.1) is 5.92 Å². The second kappa shape index (κ2) is 7.91. The van der Waals surface area contributed by atoms with Crippen LogP contribution in [0.4, 0.5) is 4.79 Å². The summed E-state index contributed by atoms with van der Waals surface area (Å²) >= 11 is 0. The Morgan fingerprint density at radius 1 is 1.00 bits per heavy atom. The maximum absolute atomic E-state index is 12.6. The van der Waals surface area contributed by atoms with E-state index < -0.39 is 5.97 Å². The number of nitrogens with zero attached hydrogens (tertiary/aromatic N) is 1. The third-order valence-electron chi connectivity index (χ3n) is 4.42. The lowest BCUT2D eigenvalue weighted by Gasteiger charge is -2.23. The first-order valence-electron chi connectivity index (χ1n) is 8.64. The van der Waals surface area contributed by atoms with Crippen LogP contribution in [0.5, 0.6) is 5.75 Å². The lowest BCUT2D eigenvalue weighted by atomic mass is 10.1. The topological polar surface area (TPSA) is 89.9 Å². The summed E-state index contributed by atoms with van der Waals surface area (Å²) in [7, 11) is 0. The first-order valence-corrected chi connectivity index (χ1v) is 8.64. The van der Waals surface area contributed by atoms with Gasteiger partial charge in [-0.25, -0.2) is 9.59 Å². The van der Waals surface area contributed by atoms with Crippen molar-refractivity contribution in [3.8, 4) is 5.75 Å². The Balaban J connectivity index is 1.59. The minimum Gasteiger partial charge on any atom is -0.508 e. The highest BCUT2D eigenvalue weighted by Crippen LogP contribution is 2.30. The number of carbonyl (C=O) groups excluding carboxylic acids is 1. The molecule has 0 unspecified atom stereocenters. The Kier molecular flexibility index (Phi) is 5.41. The highest BCUT2D eigenvalue weighted by atomic mass is 16.4. The van der Waals surface area contributed by atoms with Crippen molar-refractivity contribution in [1.82, 2.24) is 10.2 Å². The zero-order chi connectivity index (χ0) is 18.5. The SMILES string of the molecule is O=C(O)c1ccc(CNC(=O)N(Cc2ccc(O)cc2)CC2CC2)cc1. The van der Waals surface area contributed by atoms with Crippen molar-refractivity contribution in [3.63, 3.8) is 0 Å². The molecule has 1 fully saturated rings. The molecular weight excluding hydrogens is 332 g/mol. The Morgan fingerprint density at radius 2 is 1.62 bits per heavy atom. The van der Waals surface area contributed by atoms with E-state index in [1.54, 1.807) is 29.2 Å². The zero-order valence-electron chi connectivity index (χ0n) is 14.4. The minimum atomic E-state index is -0.968. The number of phenolic OH excluding ortho intramolecular Hbond substituents is 1. The van der Waals surface area contributed by atoms with E-state index in [0.29, 0.717) is 25.6 Å². The average Bonchev–Trinajstić information content (AvgIpc) is 3.45. The predicted octanol–water partition coefficient (Wildman–Crippen LogP) is 3.21. The number of phenols is 1. The van der Waals surface area contributed by atoms with Gasteiger partial charge >= 0.3 is 12.0 Å². The van der Waals surface area contributed by atoms with Gasteiger partial charge in [0.25, 0.3) is 0 Å². The van der Waals surface area contributed by atoms with E-state index in [1.165, 1.54) is 12.1 Å². The van der Waals surface area contributed by atoms with Gasteiger partial charge < -0.3 is 20.4 Å². The van der Waals surface area contributed by atoms with Crippen LogP contribution in [0.2, 0.25) is 0 Å². The molecule has 1 aliphatic rings. The number of carbonyl (C=O) groups is 2. The average molecular weight is 354 g/mol. The zero-order valence-corrected chi connectivity index (χ0v) is 14.4. The normalized spacial score (nSPS) is 13.2. The van der Waals surface area contributed by atoms with Gasteiger partial charge in [-0.15, -0.1) is 0 Å². The van der Waals surface area contributed by atoms with Gasteiger partial charge in [0.05, 0.1) is 5.56 Å². The van der Waals surface area contributed by atoms with Crippen LogP contribution < -0.4 is 5.32 Å². The summed E-state index contributed by atoms with van der Waals surface area (Å²) in [6.07, 6.45) is 2.30. The molecule has 2 aromatic rings. The van der Waals surface area contributed by atoms with Gasteiger partial charge in [-0.1, -0.05) is 24.3 Å². The molecule has 0 spiro atoms. The van der Waals surface area contributed by atoms with Gasteiger partial charge in [0.15, 0.2) is 0 Å². The molecular formula is C20H22N2O4. The molecule has 3 rings (SSSR count). The van der Waals surface area contributed by atoms with Crippen LogP contribution in [0.1, 0.15) is 34.3 Å². The number of carboxylic acid groups (broad SMARTS) is 1. The summed E-state index contributed by atoms with van der Waals surface area (Å²) in [6.45, 7) is 1.54. The summed E-state index contributed by atoms with van der Waals surface area (Å²) in [5.41, 5.74) is 2.03. The fourth-order valence-corrected chi connectivity index (χ4v) is 2.71. The van der Waals surface area contributed by atoms with Gasteiger partial charge in [-0.3, -0.25) is 0 Å². The van der Waals surface area contributed by atoms with Crippen LogP contribution >= 0.6 is 0 Å². The standard InChI is InChI=1S/C20H22N2O4/c23-18-9-5-16(6-10-18)13-22(12-15-1-2-15)20(26)21-11-14-3-7-17(8-4-14)19(24)25/h3-10,15,23H,1-2,11-13H2,(H,21,26)(H,24,25). The predicted molar refractivity (Wildman–Crippen MR) is 96.9 cm³/mol. The number of hydrogen-bond acceptors (Lipinski definition) is 3. The molecule has 6 nitrogen and oxygen atoms in total. The van der Waals surface area contributed by atoms with Gasteiger partial charge in [0.1, 0.15) is 5.75 Å². The van der Waals surface area contributed by atoms with Gasteiger partial charge in [0.2, 0.25) is 0 Å². The Labute approximate surface area is 152 Å². The molecule has 0 saturated heterocycles. The molecule has 2 amide bonds. The number of urea groups is 1. The lowest BCUT2D eigenvalue weighted by Crippen LogP contribution is -2.40. The summed E-state index contributed by atoms with van der Waals surface area (Å²) < 4.78 is 0. The number of nitrogens with one attached hydrogen (secondary N) is 1. The maximum atomic E-state index is 12.6. The molecule has 0 bridgehead atoms. The molecule has 0 heterocycles. The number of aromatic hydroxyl groups is 1. The van der Waals surface area contributed by atoms with E-state index in [-0.39, 0.29) is 17.3 Å². The third-order valence-corrected chi connectivity index (χ3v) is 4.42. The van der Waals surface area contributed by atoms with E-state index >= 15 is 0 Å². The van der Waals surface area contributed by atoms with Gasteiger partial charge in [-0.05, 0) is 54.2 Å². The maximum Gasteiger partial charge on any atom is 0.335 e. The van der Waals surface area contributed by atoms with Crippen LogP contribution in [0.25, 0.3) is 0 Å². The van der Waals surface area contributed by atoms with Crippen LogP contribution in [-0.2, 0) is 13.1 Å². The number of hydrogen-bond donors (Lipinski definition) is 3. The third kappa shape index (κ3) is 4.99. The van der Waals surface area contributed by atoms with Crippen LogP contribution in [-0.4, -0.2) is 33.7 Å². The molecule has 0 aliphatic heterocycles. The molecule has 26 heavy (non-hydrogen) atoms. The fraction of sp³-hybridized carbons (Fsp3) is 0.300. The van der Waals surface area contributed by atoms with Gasteiger partial charge in [-0.2, -0.15) is 0 Å². The summed E-state index contributed by atoms with van der Waals surface area (Å²) in [4.78, 5) is 25.3. The molecule has 2 aromatic carbocycles.